The summed E-state index contributed by atoms with van der Waals surface area (Å²) >= 11 is 0. The lowest BCUT2D eigenvalue weighted by molar-refractivity contribution is -0.0501. The van der Waals surface area contributed by atoms with E-state index in [0.717, 1.165) is 18.9 Å². The molecule has 2 rings (SSSR count). The number of nitrogens with zero attached hydrogens (tertiary/aromatic N) is 1. The monoisotopic (exact) mass is 372 g/mol. The van der Waals surface area contributed by atoms with Crippen LogP contribution in [0.15, 0.2) is 12.1 Å². The maximum absolute atomic E-state index is 13.7. The molecule has 0 amide bonds. The topological polar surface area (TPSA) is 77.5 Å². The van der Waals surface area contributed by atoms with E-state index < -0.39 is 27.3 Å². The molecule has 1 N–H and O–H groups in total. The fourth-order valence-electron chi connectivity index (χ4n) is 2.09. The first-order valence-corrected chi connectivity index (χ1v) is 8.42. The maximum atomic E-state index is 13.7. The van der Waals surface area contributed by atoms with Crippen molar-refractivity contribution in [3.8, 4) is 5.88 Å². The number of alkyl halides is 3. The minimum absolute atomic E-state index is 0.193. The van der Waals surface area contributed by atoms with Gasteiger partial charge in [-0.2, -0.15) is 26.6 Å². The summed E-state index contributed by atoms with van der Waals surface area (Å²) in [7, 11) is -5.86. The molecule has 2 heterocycles. The van der Waals surface area contributed by atoms with Crippen LogP contribution in [-0.4, -0.2) is 38.7 Å². The van der Waals surface area contributed by atoms with Gasteiger partial charge in [-0.1, -0.05) is 6.92 Å². The number of ether oxygens (including phenoxy) is 1. The van der Waals surface area contributed by atoms with E-state index in [0.29, 0.717) is 25.8 Å². The SMILES string of the molecule is CC1(CNc2nc(OS(=O)(=O)C(F)(F)F)ccc2F)CCOCC1. The lowest BCUT2D eigenvalue weighted by atomic mass is 9.82. The van der Waals surface area contributed by atoms with Crippen molar-refractivity contribution in [2.24, 2.45) is 5.41 Å². The standard InChI is InChI=1S/C13H16F4N2O4S/c1-12(4-6-22-7-5-12)8-18-11-9(14)2-3-10(19-11)23-24(20,21)13(15,16)17/h2-3H,4-8H2,1H3,(H,18,19). The van der Waals surface area contributed by atoms with Crippen molar-refractivity contribution in [1.82, 2.24) is 4.98 Å². The first kappa shape index (κ1) is 18.7. The van der Waals surface area contributed by atoms with Gasteiger partial charge in [0.25, 0.3) is 0 Å². The van der Waals surface area contributed by atoms with Crippen LogP contribution in [0.3, 0.4) is 0 Å². The largest absolute Gasteiger partial charge is 0.534 e. The van der Waals surface area contributed by atoms with Crippen LogP contribution in [0.5, 0.6) is 5.88 Å². The summed E-state index contributed by atoms with van der Waals surface area (Å²) in [4.78, 5) is 3.47. The van der Waals surface area contributed by atoms with E-state index >= 15 is 0 Å². The Hall–Kier alpha value is -1.62. The Bertz CT molecular complexity index is 688. The number of rotatable bonds is 5. The number of hydrogen-bond acceptors (Lipinski definition) is 6. The lowest BCUT2D eigenvalue weighted by Gasteiger charge is -2.33. The van der Waals surface area contributed by atoms with E-state index in [-0.39, 0.29) is 11.2 Å². The molecule has 1 fully saturated rings. The molecule has 0 aromatic carbocycles. The van der Waals surface area contributed by atoms with Crippen molar-refractivity contribution in [3.63, 3.8) is 0 Å². The highest BCUT2D eigenvalue weighted by Crippen LogP contribution is 2.31. The number of nitrogens with one attached hydrogen (secondary N) is 1. The predicted octanol–water partition coefficient (Wildman–Crippen LogP) is 2.68. The van der Waals surface area contributed by atoms with Gasteiger partial charge in [0.15, 0.2) is 11.6 Å². The highest BCUT2D eigenvalue weighted by atomic mass is 32.2. The normalized spacial score (nSPS) is 18.2. The van der Waals surface area contributed by atoms with E-state index in [4.69, 9.17) is 4.74 Å². The van der Waals surface area contributed by atoms with Gasteiger partial charge in [-0.05, 0) is 24.3 Å². The molecule has 1 aromatic heterocycles. The maximum Gasteiger partial charge on any atom is 0.534 e. The number of hydrogen-bond donors (Lipinski definition) is 1. The van der Waals surface area contributed by atoms with Gasteiger partial charge in [-0.25, -0.2) is 4.39 Å². The zero-order valence-corrected chi connectivity index (χ0v) is 13.5. The van der Waals surface area contributed by atoms with Crippen LogP contribution in [0.2, 0.25) is 0 Å². The zero-order valence-electron chi connectivity index (χ0n) is 12.7. The zero-order chi connectivity index (χ0) is 18.0. The Morgan fingerprint density at radius 2 is 1.96 bits per heavy atom. The molecule has 136 valence electrons. The molecular weight excluding hydrogens is 356 g/mol. The summed E-state index contributed by atoms with van der Waals surface area (Å²) < 4.78 is 81.7. The highest BCUT2D eigenvalue weighted by Gasteiger charge is 2.48. The minimum atomic E-state index is -5.86. The lowest BCUT2D eigenvalue weighted by Crippen LogP contribution is -2.33. The molecule has 6 nitrogen and oxygen atoms in total. The highest BCUT2D eigenvalue weighted by molar-refractivity contribution is 7.87. The Morgan fingerprint density at radius 1 is 1.33 bits per heavy atom. The molecule has 0 saturated carbocycles. The fourth-order valence-corrected chi connectivity index (χ4v) is 2.50. The molecule has 24 heavy (non-hydrogen) atoms. The summed E-state index contributed by atoms with van der Waals surface area (Å²) in [5.74, 6) is -2.08. The van der Waals surface area contributed by atoms with Crippen molar-refractivity contribution in [3.05, 3.63) is 17.9 Å². The molecule has 0 radical (unpaired) electrons. The Balaban J connectivity index is 2.11. The van der Waals surface area contributed by atoms with Crippen molar-refractivity contribution in [2.45, 2.75) is 25.3 Å². The summed E-state index contributed by atoms with van der Waals surface area (Å²) in [5.41, 5.74) is -5.78. The summed E-state index contributed by atoms with van der Waals surface area (Å²) in [5, 5.41) is 2.69. The molecular formula is C13H16F4N2O4S. The molecule has 0 bridgehead atoms. The van der Waals surface area contributed by atoms with Crippen LogP contribution in [0.4, 0.5) is 23.4 Å². The van der Waals surface area contributed by atoms with Crippen LogP contribution in [0.25, 0.3) is 0 Å². The third kappa shape index (κ3) is 4.47. The van der Waals surface area contributed by atoms with E-state index in [2.05, 4.69) is 14.5 Å². The van der Waals surface area contributed by atoms with Crippen LogP contribution in [0, 0.1) is 11.2 Å². The summed E-state index contributed by atoms with van der Waals surface area (Å²) in [6.07, 6.45) is 1.44. The first-order chi connectivity index (χ1) is 11.0. The Labute approximate surface area is 136 Å². The van der Waals surface area contributed by atoms with Gasteiger partial charge in [0.2, 0.25) is 5.88 Å². The van der Waals surface area contributed by atoms with E-state index in [1.54, 1.807) is 0 Å². The number of halogens is 4. The van der Waals surface area contributed by atoms with Crippen LogP contribution in [0.1, 0.15) is 19.8 Å². The molecule has 11 heteroatoms. The number of anilines is 1. The van der Waals surface area contributed by atoms with Gasteiger partial charge in [0.1, 0.15) is 0 Å². The fraction of sp³-hybridized carbons (Fsp3) is 0.615. The van der Waals surface area contributed by atoms with Gasteiger partial charge in [-0.15, -0.1) is 0 Å². The van der Waals surface area contributed by atoms with Gasteiger partial charge in [0.05, 0.1) is 0 Å². The van der Waals surface area contributed by atoms with Crippen LogP contribution < -0.4 is 9.50 Å². The van der Waals surface area contributed by atoms with Crippen molar-refractivity contribution in [2.75, 3.05) is 25.1 Å². The molecule has 1 aliphatic rings. The van der Waals surface area contributed by atoms with E-state index in [1.165, 1.54) is 0 Å². The van der Waals surface area contributed by atoms with Gasteiger partial charge in [0, 0.05) is 25.8 Å². The van der Waals surface area contributed by atoms with E-state index in [1.807, 2.05) is 6.92 Å². The van der Waals surface area contributed by atoms with Crippen molar-refractivity contribution in [1.29, 1.82) is 0 Å². The molecule has 1 saturated heterocycles. The predicted molar refractivity (Wildman–Crippen MR) is 76.4 cm³/mol. The second-order valence-electron chi connectivity index (χ2n) is 5.74. The molecule has 1 aliphatic heterocycles. The van der Waals surface area contributed by atoms with Gasteiger partial charge >= 0.3 is 15.6 Å². The van der Waals surface area contributed by atoms with Gasteiger partial charge in [-0.3, -0.25) is 0 Å². The third-order valence-electron chi connectivity index (χ3n) is 3.68. The third-order valence-corrected chi connectivity index (χ3v) is 4.64. The summed E-state index contributed by atoms with van der Waals surface area (Å²) in [6.45, 7) is 3.37. The number of pyridine rings is 1. The number of aromatic nitrogens is 1. The van der Waals surface area contributed by atoms with Crippen molar-refractivity contribution >= 4 is 15.9 Å². The Kier molecular flexibility index (Phi) is 5.23. The van der Waals surface area contributed by atoms with Crippen molar-refractivity contribution < 1.29 is 34.9 Å². The smallest absolute Gasteiger partial charge is 0.381 e. The quantitative estimate of drug-likeness (QED) is 0.487. The average molecular weight is 372 g/mol. The molecule has 1 aromatic rings. The second-order valence-corrected chi connectivity index (χ2v) is 7.28. The average Bonchev–Trinajstić information content (AvgIpc) is 2.47. The van der Waals surface area contributed by atoms with E-state index in [9.17, 15) is 26.0 Å². The van der Waals surface area contributed by atoms with Crippen LogP contribution in [-0.2, 0) is 14.9 Å². The Morgan fingerprint density at radius 3 is 2.54 bits per heavy atom. The van der Waals surface area contributed by atoms with Gasteiger partial charge < -0.3 is 14.2 Å². The molecule has 0 atom stereocenters. The summed E-state index contributed by atoms with van der Waals surface area (Å²) in [6, 6.07) is 1.49. The molecule has 0 unspecified atom stereocenters. The van der Waals surface area contributed by atoms with Crippen LogP contribution >= 0.6 is 0 Å². The molecule has 0 aliphatic carbocycles. The first-order valence-electron chi connectivity index (χ1n) is 7.01. The molecule has 0 spiro atoms. The second kappa shape index (κ2) is 6.71. The minimum Gasteiger partial charge on any atom is -0.381 e.